The maximum atomic E-state index is 11.8. The molecular weight excluding hydrogens is 345 g/mol. The summed E-state index contributed by atoms with van der Waals surface area (Å²) in [5, 5.41) is 3.00. The highest BCUT2D eigenvalue weighted by Gasteiger charge is 2.10. The maximum absolute atomic E-state index is 11.8. The Kier molecular flexibility index (Phi) is 10.3. The third-order valence-corrected chi connectivity index (χ3v) is 3.61. The normalized spacial score (nSPS) is 12.3. The molecule has 0 spiro atoms. The number of carbonyl (C=O) groups excluding carboxylic acids is 1. The number of amides is 1. The van der Waals surface area contributed by atoms with E-state index < -0.39 is 0 Å². The Morgan fingerprint density at radius 2 is 1.79 bits per heavy atom. The van der Waals surface area contributed by atoms with E-state index in [0.717, 1.165) is 16.7 Å². The first-order valence-corrected chi connectivity index (χ1v) is 7.61. The van der Waals surface area contributed by atoms with Crippen molar-refractivity contribution in [3.8, 4) is 11.1 Å². The number of hydrogen-bond donors (Lipinski definition) is 2. The number of carbonyl (C=O) groups is 1. The van der Waals surface area contributed by atoms with Crippen LogP contribution in [0.25, 0.3) is 11.1 Å². The molecule has 0 saturated carbocycles. The third kappa shape index (κ3) is 6.87. The van der Waals surface area contributed by atoms with Crippen molar-refractivity contribution in [2.45, 2.75) is 38.8 Å². The van der Waals surface area contributed by atoms with Crippen LogP contribution in [0, 0.1) is 0 Å². The molecule has 1 amide bonds. The molecule has 1 aromatic carbocycles. The van der Waals surface area contributed by atoms with Crippen LogP contribution in [0.5, 0.6) is 0 Å². The minimum Gasteiger partial charge on any atom is -0.350 e. The molecule has 4 nitrogen and oxygen atoms in total. The predicted molar refractivity (Wildman–Crippen MR) is 104 cm³/mol. The van der Waals surface area contributed by atoms with Gasteiger partial charge in [-0.3, -0.25) is 9.78 Å². The highest BCUT2D eigenvalue weighted by Crippen LogP contribution is 2.21. The molecule has 2 rings (SSSR count). The van der Waals surface area contributed by atoms with Crippen molar-refractivity contribution in [1.29, 1.82) is 0 Å². The van der Waals surface area contributed by atoms with Crippen LogP contribution in [0.15, 0.2) is 48.8 Å². The summed E-state index contributed by atoms with van der Waals surface area (Å²) in [6.45, 7) is 3.90. The molecule has 0 aliphatic carbocycles. The number of nitrogens with zero attached hydrogens (tertiary/aromatic N) is 1. The summed E-state index contributed by atoms with van der Waals surface area (Å²) in [5.41, 5.74) is 8.96. The van der Waals surface area contributed by atoms with Gasteiger partial charge >= 0.3 is 0 Å². The van der Waals surface area contributed by atoms with Gasteiger partial charge in [0.15, 0.2) is 0 Å². The molecule has 0 aliphatic rings. The minimum atomic E-state index is -0.0106. The average molecular weight is 370 g/mol. The zero-order chi connectivity index (χ0) is 15.9. The summed E-state index contributed by atoms with van der Waals surface area (Å²) in [5.74, 6) is 0.0427. The number of benzene rings is 1. The van der Waals surface area contributed by atoms with Gasteiger partial charge in [0.2, 0.25) is 5.91 Å². The molecule has 2 aromatic rings. The van der Waals surface area contributed by atoms with Gasteiger partial charge in [-0.1, -0.05) is 30.3 Å². The monoisotopic (exact) mass is 369 g/mol. The van der Waals surface area contributed by atoms with Crippen LogP contribution >= 0.6 is 24.8 Å². The largest absolute Gasteiger partial charge is 0.350 e. The van der Waals surface area contributed by atoms with Crippen LogP contribution in [0.2, 0.25) is 0 Å². The average Bonchev–Trinajstić information content (AvgIpc) is 2.54. The predicted octanol–water partition coefficient (Wildman–Crippen LogP) is 3.90. The van der Waals surface area contributed by atoms with E-state index in [1.54, 1.807) is 6.20 Å². The van der Waals surface area contributed by atoms with E-state index in [4.69, 9.17) is 5.73 Å². The minimum absolute atomic E-state index is 0. The number of halogens is 2. The molecule has 0 bridgehead atoms. The first-order chi connectivity index (χ1) is 10.6. The second-order valence-corrected chi connectivity index (χ2v) is 5.67. The van der Waals surface area contributed by atoms with Crippen LogP contribution in [0.3, 0.4) is 0 Å². The van der Waals surface area contributed by atoms with Gasteiger partial charge in [0.1, 0.15) is 0 Å². The fourth-order valence-corrected chi connectivity index (χ4v) is 2.25. The summed E-state index contributed by atoms with van der Waals surface area (Å²) in [4.78, 5) is 16.0. The van der Waals surface area contributed by atoms with Gasteiger partial charge in [0, 0.05) is 24.9 Å². The van der Waals surface area contributed by atoms with Gasteiger partial charge in [-0.15, -0.1) is 24.8 Å². The van der Waals surface area contributed by atoms with Gasteiger partial charge < -0.3 is 11.1 Å². The van der Waals surface area contributed by atoms with Crippen molar-refractivity contribution >= 4 is 30.7 Å². The number of aromatic nitrogens is 1. The van der Waals surface area contributed by atoms with Crippen molar-refractivity contribution in [2.24, 2.45) is 5.73 Å². The van der Waals surface area contributed by atoms with Crippen molar-refractivity contribution in [3.05, 3.63) is 54.4 Å². The molecule has 3 N–H and O–H groups in total. The Bertz CT molecular complexity index is 603. The van der Waals surface area contributed by atoms with Crippen molar-refractivity contribution in [1.82, 2.24) is 10.3 Å². The van der Waals surface area contributed by atoms with Gasteiger partial charge in [0.05, 0.1) is 6.04 Å². The fourth-order valence-electron chi connectivity index (χ4n) is 2.25. The first kappa shape index (κ1) is 22.4. The molecule has 6 heteroatoms. The highest BCUT2D eigenvalue weighted by atomic mass is 35.5. The van der Waals surface area contributed by atoms with Crippen molar-refractivity contribution < 1.29 is 4.79 Å². The molecule has 2 atom stereocenters. The molecular formula is C18H25Cl2N3O. The summed E-state index contributed by atoms with van der Waals surface area (Å²) in [7, 11) is 0. The van der Waals surface area contributed by atoms with Crippen LogP contribution in [-0.4, -0.2) is 16.9 Å². The molecule has 0 fully saturated rings. The first-order valence-electron chi connectivity index (χ1n) is 7.61. The zero-order valence-corrected chi connectivity index (χ0v) is 15.6. The SMILES string of the molecule is CC(N)CCC(=O)NC(C)c1ccc(-c2cccnc2)cc1.Cl.Cl. The quantitative estimate of drug-likeness (QED) is 0.811. The van der Waals surface area contributed by atoms with Gasteiger partial charge in [-0.05, 0) is 43.0 Å². The number of nitrogens with one attached hydrogen (secondary N) is 1. The maximum Gasteiger partial charge on any atom is 0.220 e. The van der Waals surface area contributed by atoms with E-state index in [9.17, 15) is 4.79 Å². The van der Waals surface area contributed by atoms with E-state index >= 15 is 0 Å². The van der Waals surface area contributed by atoms with E-state index in [2.05, 4.69) is 22.4 Å². The van der Waals surface area contributed by atoms with Gasteiger partial charge in [-0.2, -0.15) is 0 Å². The van der Waals surface area contributed by atoms with Crippen LogP contribution < -0.4 is 11.1 Å². The highest BCUT2D eigenvalue weighted by molar-refractivity contribution is 5.85. The van der Waals surface area contributed by atoms with Crippen LogP contribution in [-0.2, 0) is 4.79 Å². The third-order valence-electron chi connectivity index (χ3n) is 3.61. The topological polar surface area (TPSA) is 68.0 Å². The number of rotatable bonds is 6. The van der Waals surface area contributed by atoms with E-state index in [0.29, 0.717) is 12.8 Å². The van der Waals surface area contributed by atoms with Crippen LogP contribution in [0.1, 0.15) is 38.3 Å². The standard InChI is InChI=1S/C18H23N3O.2ClH/c1-13(19)5-10-18(22)21-14(2)15-6-8-16(9-7-15)17-4-3-11-20-12-17;;/h3-4,6-9,11-14H,5,10,19H2,1-2H3,(H,21,22);2*1H. The van der Waals surface area contributed by atoms with Crippen molar-refractivity contribution in [2.75, 3.05) is 0 Å². The lowest BCUT2D eigenvalue weighted by atomic mass is 10.0. The lowest BCUT2D eigenvalue weighted by molar-refractivity contribution is -0.121. The summed E-state index contributed by atoms with van der Waals surface area (Å²) in [6.07, 6.45) is 4.78. The molecule has 0 saturated heterocycles. The zero-order valence-electron chi connectivity index (χ0n) is 13.9. The van der Waals surface area contributed by atoms with E-state index in [1.807, 2.05) is 44.3 Å². The lowest BCUT2D eigenvalue weighted by Crippen LogP contribution is -2.28. The second kappa shape index (κ2) is 11.0. The summed E-state index contributed by atoms with van der Waals surface area (Å²) >= 11 is 0. The van der Waals surface area contributed by atoms with Gasteiger partial charge in [0.25, 0.3) is 0 Å². The summed E-state index contributed by atoms with van der Waals surface area (Å²) in [6, 6.07) is 12.2. The Labute approximate surface area is 156 Å². The smallest absolute Gasteiger partial charge is 0.220 e. The molecule has 2 unspecified atom stereocenters. The number of pyridine rings is 1. The second-order valence-electron chi connectivity index (χ2n) is 5.67. The Morgan fingerprint density at radius 3 is 2.33 bits per heavy atom. The molecule has 1 aromatic heterocycles. The number of nitrogens with two attached hydrogens (primary N) is 1. The molecule has 0 aliphatic heterocycles. The van der Waals surface area contributed by atoms with Crippen LogP contribution in [0.4, 0.5) is 0 Å². The van der Waals surface area contributed by atoms with Gasteiger partial charge in [-0.25, -0.2) is 0 Å². The molecule has 1 heterocycles. The number of hydrogen-bond acceptors (Lipinski definition) is 3. The van der Waals surface area contributed by atoms with Crippen molar-refractivity contribution in [3.63, 3.8) is 0 Å². The van der Waals surface area contributed by atoms with E-state index in [1.165, 1.54) is 0 Å². The molecule has 24 heavy (non-hydrogen) atoms. The molecule has 0 radical (unpaired) electrons. The Morgan fingerprint density at radius 1 is 1.12 bits per heavy atom. The molecule has 132 valence electrons. The summed E-state index contributed by atoms with van der Waals surface area (Å²) < 4.78 is 0. The van der Waals surface area contributed by atoms with E-state index in [-0.39, 0.29) is 42.8 Å². The lowest BCUT2D eigenvalue weighted by Gasteiger charge is -2.15. The Hall–Kier alpha value is -1.62. The fraction of sp³-hybridized carbons (Fsp3) is 0.333. The Balaban J connectivity index is 0.00000264.